The molecule has 0 unspecified atom stereocenters. The van der Waals surface area contributed by atoms with Gasteiger partial charge in [-0.2, -0.15) is 0 Å². The first-order chi connectivity index (χ1) is 10.7. The van der Waals surface area contributed by atoms with Crippen molar-refractivity contribution < 1.29 is 9.53 Å². The summed E-state index contributed by atoms with van der Waals surface area (Å²) < 4.78 is 5.96. The highest BCUT2D eigenvalue weighted by Gasteiger charge is 2.11. The van der Waals surface area contributed by atoms with Gasteiger partial charge in [-0.1, -0.05) is 12.1 Å². The van der Waals surface area contributed by atoms with Gasteiger partial charge in [0.2, 0.25) is 0 Å². The van der Waals surface area contributed by atoms with Crippen molar-refractivity contribution in [3.63, 3.8) is 0 Å². The number of halogens is 1. The summed E-state index contributed by atoms with van der Waals surface area (Å²) in [5, 5.41) is 3.85. The van der Waals surface area contributed by atoms with Gasteiger partial charge in [-0.15, -0.1) is 22.7 Å². The number of carbonyl (C=O) groups is 1. The first-order valence-electron chi connectivity index (χ1n) is 6.52. The highest BCUT2D eigenvalue weighted by Crippen LogP contribution is 2.33. The van der Waals surface area contributed by atoms with Crippen LogP contribution < -0.4 is 0 Å². The SMILES string of the molecule is CCOC(=O)c1ccc(-c2cnc(-c3nc(I)cs3)s2)cc1. The zero-order valence-corrected chi connectivity index (χ0v) is 15.4. The lowest BCUT2D eigenvalue weighted by Crippen LogP contribution is -2.03. The van der Waals surface area contributed by atoms with E-state index in [4.69, 9.17) is 4.74 Å². The Morgan fingerprint density at radius 3 is 2.68 bits per heavy atom. The Morgan fingerprint density at radius 2 is 2.05 bits per heavy atom. The highest BCUT2D eigenvalue weighted by atomic mass is 127. The van der Waals surface area contributed by atoms with Crippen molar-refractivity contribution in [2.75, 3.05) is 6.61 Å². The number of esters is 1. The van der Waals surface area contributed by atoms with Crippen molar-refractivity contribution in [2.24, 2.45) is 0 Å². The summed E-state index contributed by atoms with van der Waals surface area (Å²) in [6.45, 7) is 2.18. The number of hydrogen-bond donors (Lipinski definition) is 0. The van der Waals surface area contributed by atoms with Crippen LogP contribution in [0.4, 0.5) is 0 Å². The van der Waals surface area contributed by atoms with Gasteiger partial charge in [-0.05, 0) is 47.2 Å². The third-order valence-electron chi connectivity index (χ3n) is 2.85. The fourth-order valence-electron chi connectivity index (χ4n) is 1.84. The summed E-state index contributed by atoms with van der Waals surface area (Å²) in [7, 11) is 0. The molecular formula is C15H11IN2O2S2. The predicted molar refractivity (Wildman–Crippen MR) is 97.3 cm³/mol. The van der Waals surface area contributed by atoms with E-state index in [1.807, 2.05) is 23.7 Å². The second kappa shape index (κ2) is 6.84. The molecule has 0 bridgehead atoms. The molecule has 0 radical (unpaired) electrons. The number of nitrogens with zero attached hydrogens (tertiary/aromatic N) is 2. The smallest absolute Gasteiger partial charge is 0.338 e. The molecule has 3 rings (SSSR count). The standard InChI is InChI=1S/C15H11IN2O2S2/c1-2-20-15(19)10-5-3-9(4-6-10)11-7-17-13(22-11)14-18-12(16)8-21-14/h3-8H,2H2,1H3. The number of carbonyl (C=O) groups excluding carboxylic acids is 1. The normalized spacial score (nSPS) is 10.6. The number of ether oxygens (including phenoxy) is 1. The molecule has 0 atom stereocenters. The summed E-state index contributed by atoms with van der Waals surface area (Å²) in [6, 6.07) is 7.38. The summed E-state index contributed by atoms with van der Waals surface area (Å²) in [4.78, 5) is 21.6. The molecule has 4 nitrogen and oxygen atoms in total. The minimum atomic E-state index is -0.295. The van der Waals surface area contributed by atoms with Gasteiger partial charge in [0.1, 0.15) is 3.70 Å². The lowest BCUT2D eigenvalue weighted by atomic mass is 10.1. The maximum Gasteiger partial charge on any atom is 0.338 e. The van der Waals surface area contributed by atoms with E-state index in [1.165, 1.54) is 0 Å². The molecule has 2 heterocycles. The van der Waals surface area contributed by atoms with E-state index in [2.05, 4.69) is 32.6 Å². The Kier molecular flexibility index (Phi) is 4.84. The molecule has 0 aliphatic heterocycles. The van der Waals surface area contributed by atoms with Crippen LogP contribution in [0.15, 0.2) is 35.8 Å². The van der Waals surface area contributed by atoms with E-state index in [-0.39, 0.29) is 5.97 Å². The van der Waals surface area contributed by atoms with E-state index in [9.17, 15) is 4.79 Å². The van der Waals surface area contributed by atoms with Crippen LogP contribution in [0.1, 0.15) is 17.3 Å². The molecule has 22 heavy (non-hydrogen) atoms. The lowest BCUT2D eigenvalue weighted by Gasteiger charge is -2.02. The van der Waals surface area contributed by atoms with Crippen molar-refractivity contribution in [2.45, 2.75) is 6.92 Å². The molecule has 0 fully saturated rings. The summed E-state index contributed by atoms with van der Waals surface area (Å²) >= 11 is 5.38. The topological polar surface area (TPSA) is 52.1 Å². The van der Waals surface area contributed by atoms with Gasteiger partial charge in [0.05, 0.1) is 17.0 Å². The number of aromatic nitrogens is 2. The van der Waals surface area contributed by atoms with Crippen molar-refractivity contribution in [3.8, 4) is 20.5 Å². The van der Waals surface area contributed by atoms with E-state index in [1.54, 1.807) is 41.7 Å². The quantitative estimate of drug-likeness (QED) is 0.434. The van der Waals surface area contributed by atoms with Crippen LogP contribution >= 0.6 is 45.3 Å². The summed E-state index contributed by atoms with van der Waals surface area (Å²) in [5.41, 5.74) is 1.59. The van der Waals surface area contributed by atoms with Crippen molar-refractivity contribution in [3.05, 3.63) is 45.1 Å². The van der Waals surface area contributed by atoms with Crippen LogP contribution in [0.25, 0.3) is 20.5 Å². The number of benzene rings is 1. The Bertz CT molecular complexity index is 796. The Morgan fingerprint density at radius 1 is 1.27 bits per heavy atom. The molecule has 0 N–H and O–H groups in total. The highest BCUT2D eigenvalue weighted by molar-refractivity contribution is 14.1. The van der Waals surface area contributed by atoms with E-state index in [0.29, 0.717) is 12.2 Å². The molecule has 112 valence electrons. The average molecular weight is 442 g/mol. The van der Waals surface area contributed by atoms with Crippen molar-refractivity contribution in [1.82, 2.24) is 9.97 Å². The number of thiazole rings is 2. The molecule has 3 aromatic rings. The van der Waals surface area contributed by atoms with Gasteiger partial charge in [0.25, 0.3) is 0 Å². The third kappa shape index (κ3) is 3.36. The zero-order chi connectivity index (χ0) is 15.5. The van der Waals surface area contributed by atoms with Crippen LogP contribution in [-0.2, 0) is 4.74 Å². The second-order valence-electron chi connectivity index (χ2n) is 4.30. The monoisotopic (exact) mass is 442 g/mol. The fraction of sp³-hybridized carbons (Fsp3) is 0.133. The van der Waals surface area contributed by atoms with Crippen molar-refractivity contribution in [1.29, 1.82) is 0 Å². The summed E-state index contributed by atoms with van der Waals surface area (Å²) in [6.07, 6.45) is 1.84. The first kappa shape index (κ1) is 15.6. The minimum Gasteiger partial charge on any atom is -0.462 e. The van der Waals surface area contributed by atoms with E-state index in [0.717, 1.165) is 24.2 Å². The maximum absolute atomic E-state index is 11.6. The largest absolute Gasteiger partial charge is 0.462 e. The summed E-state index contributed by atoms with van der Waals surface area (Å²) in [5.74, 6) is -0.295. The Hall–Kier alpha value is -1.32. The van der Waals surface area contributed by atoms with Gasteiger partial charge in [0.15, 0.2) is 10.0 Å². The molecule has 0 saturated heterocycles. The second-order valence-corrected chi connectivity index (χ2v) is 7.30. The zero-order valence-electron chi connectivity index (χ0n) is 11.6. The van der Waals surface area contributed by atoms with Gasteiger partial charge in [-0.25, -0.2) is 14.8 Å². The van der Waals surface area contributed by atoms with Gasteiger partial charge >= 0.3 is 5.97 Å². The molecule has 0 aliphatic rings. The Balaban J connectivity index is 1.83. The van der Waals surface area contributed by atoms with Crippen LogP contribution in [0.2, 0.25) is 0 Å². The van der Waals surface area contributed by atoms with Gasteiger partial charge < -0.3 is 4.74 Å². The molecule has 2 aromatic heterocycles. The fourth-order valence-corrected chi connectivity index (χ4v) is 4.27. The van der Waals surface area contributed by atoms with E-state index < -0.39 is 0 Å². The van der Waals surface area contributed by atoms with Crippen molar-refractivity contribution >= 4 is 51.2 Å². The maximum atomic E-state index is 11.6. The lowest BCUT2D eigenvalue weighted by molar-refractivity contribution is 0.0526. The number of hydrogen-bond acceptors (Lipinski definition) is 6. The molecule has 1 aromatic carbocycles. The molecule has 0 spiro atoms. The van der Waals surface area contributed by atoms with Crippen LogP contribution in [-0.4, -0.2) is 22.5 Å². The molecule has 0 aliphatic carbocycles. The van der Waals surface area contributed by atoms with Crippen LogP contribution in [0.5, 0.6) is 0 Å². The average Bonchev–Trinajstić information content (AvgIpc) is 3.16. The predicted octanol–water partition coefficient (Wildman–Crippen LogP) is 4.71. The van der Waals surface area contributed by atoms with E-state index >= 15 is 0 Å². The van der Waals surface area contributed by atoms with Gasteiger partial charge in [-0.3, -0.25) is 0 Å². The molecule has 0 amide bonds. The molecule has 0 saturated carbocycles. The molecular weight excluding hydrogens is 431 g/mol. The third-order valence-corrected chi connectivity index (χ3v) is 5.85. The van der Waals surface area contributed by atoms with Gasteiger partial charge in [0, 0.05) is 11.6 Å². The molecule has 7 heteroatoms. The minimum absolute atomic E-state index is 0.295. The number of rotatable bonds is 4. The van der Waals surface area contributed by atoms with Crippen LogP contribution in [0, 0.1) is 3.70 Å². The Labute approximate surface area is 149 Å². The van der Waals surface area contributed by atoms with Crippen LogP contribution in [0.3, 0.4) is 0 Å². The first-order valence-corrected chi connectivity index (χ1v) is 9.29.